The van der Waals surface area contributed by atoms with Crippen LogP contribution >= 0.6 is 0 Å². The number of pyridine rings is 1. The standard InChI is InChI=1S/C16H14F4N4O/c1-3-6-23(15(25)4-5-16(18,19)20)14-10-24(22-11(14)2)13-7-12(17)8-21-9-13/h1,7-10H,4-6H2,2H3. The summed E-state index contributed by atoms with van der Waals surface area (Å²) in [6, 6.07) is 1.18. The number of rotatable bonds is 5. The highest BCUT2D eigenvalue weighted by molar-refractivity contribution is 5.94. The van der Waals surface area contributed by atoms with Crippen molar-refractivity contribution < 1.29 is 22.4 Å². The van der Waals surface area contributed by atoms with Gasteiger partial charge in [0.1, 0.15) is 5.82 Å². The van der Waals surface area contributed by atoms with Gasteiger partial charge < -0.3 is 0 Å². The molecule has 2 aromatic rings. The molecular weight excluding hydrogens is 340 g/mol. The molecule has 0 saturated heterocycles. The van der Waals surface area contributed by atoms with E-state index in [1.54, 1.807) is 6.92 Å². The maximum atomic E-state index is 13.3. The van der Waals surface area contributed by atoms with Gasteiger partial charge in [0.25, 0.3) is 0 Å². The minimum Gasteiger partial charge on any atom is -0.297 e. The summed E-state index contributed by atoms with van der Waals surface area (Å²) < 4.78 is 51.6. The number of aromatic nitrogens is 3. The smallest absolute Gasteiger partial charge is 0.297 e. The fraction of sp³-hybridized carbons (Fsp3) is 0.312. The molecule has 0 aliphatic heterocycles. The number of aryl methyl sites for hydroxylation is 1. The molecular formula is C16H14F4N4O. The maximum Gasteiger partial charge on any atom is 0.389 e. The Morgan fingerprint density at radius 2 is 2.12 bits per heavy atom. The van der Waals surface area contributed by atoms with Crippen LogP contribution in [0.1, 0.15) is 18.5 Å². The van der Waals surface area contributed by atoms with Crippen molar-refractivity contribution in [2.45, 2.75) is 25.9 Å². The SMILES string of the molecule is C#CCN(C(=O)CCC(F)(F)F)c1cn(-c2cncc(F)c2)nc1C. The summed E-state index contributed by atoms with van der Waals surface area (Å²) in [7, 11) is 0. The van der Waals surface area contributed by atoms with Gasteiger partial charge in [-0.15, -0.1) is 6.42 Å². The summed E-state index contributed by atoms with van der Waals surface area (Å²) in [5.74, 6) is 0.901. The highest BCUT2D eigenvalue weighted by Gasteiger charge is 2.30. The second-order valence-corrected chi connectivity index (χ2v) is 5.20. The Bertz CT molecular complexity index is 807. The Morgan fingerprint density at radius 3 is 2.72 bits per heavy atom. The van der Waals surface area contributed by atoms with Crippen molar-refractivity contribution in [2.24, 2.45) is 0 Å². The van der Waals surface area contributed by atoms with Crippen molar-refractivity contribution in [2.75, 3.05) is 11.4 Å². The summed E-state index contributed by atoms with van der Waals surface area (Å²) >= 11 is 0. The molecule has 0 saturated carbocycles. The minimum atomic E-state index is -4.44. The molecule has 2 rings (SSSR count). The van der Waals surface area contributed by atoms with Crippen LogP contribution in [-0.2, 0) is 4.79 Å². The maximum absolute atomic E-state index is 13.3. The number of carbonyl (C=O) groups excluding carboxylic acids is 1. The minimum absolute atomic E-state index is 0.204. The van der Waals surface area contributed by atoms with E-state index >= 15 is 0 Å². The molecule has 0 bridgehead atoms. The number of carbonyl (C=O) groups is 1. The Labute approximate surface area is 141 Å². The summed E-state index contributed by atoms with van der Waals surface area (Å²) in [4.78, 5) is 16.9. The van der Waals surface area contributed by atoms with E-state index in [1.165, 1.54) is 23.1 Å². The van der Waals surface area contributed by atoms with Gasteiger partial charge in [0.05, 0.1) is 48.6 Å². The predicted octanol–water partition coefficient (Wildman–Crippen LogP) is 3.02. The second kappa shape index (κ2) is 7.34. The van der Waals surface area contributed by atoms with E-state index in [1.807, 2.05) is 0 Å². The van der Waals surface area contributed by atoms with E-state index in [9.17, 15) is 22.4 Å². The summed E-state index contributed by atoms with van der Waals surface area (Å²) in [6.45, 7) is 1.36. The van der Waals surface area contributed by atoms with Crippen LogP contribution in [0.2, 0.25) is 0 Å². The molecule has 9 heteroatoms. The number of hydrogen-bond donors (Lipinski definition) is 0. The number of anilines is 1. The molecule has 0 aliphatic carbocycles. The van der Waals surface area contributed by atoms with Crippen molar-refractivity contribution in [1.29, 1.82) is 0 Å². The Morgan fingerprint density at radius 1 is 1.40 bits per heavy atom. The van der Waals surface area contributed by atoms with Crippen molar-refractivity contribution in [1.82, 2.24) is 14.8 Å². The van der Waals surface area contributed by atoms with Crippen LogP contribution in [0.25, 0.3) is 5.69 Å². The van der Waals surface area contributed by atoms with E-state index in [0.717, 1.165) is 11.1 Å². The summed E-state index contributed by atoms with van der Waals surface area (Å²) in [5.41, 5.74) is 0.923. The van der Waals surface area contributed by atoms with Gasteiger partial charge in [0, 0.05) is 12.5 Å². The van der Waals surface area contributed by atoms with Crippen molar-refractivity contribution in [3.8, 4) is 18.0 Å². The average Bonchev–Trinajstić information content (AvgIpc) is 2.91. The molecule has 0 atom stereocenters. The second-order valence-electron chi connectivity index (χ2n) is 5.20. The van der Waals surface area contributed by atoms with Gasteiger partial charge in [-0.2, -0.15) is 18.3 Å². The Balaban J connectivity index is 2.30. The molecule has 0 spiro atoms. The molecule has 25 heavy (non-hydrogen) atoms. The number of amides is 1. The normalized spacial score (nSPS) is 11.2. The lowest BCUT2D eigenvalue weighted by Gasteiger charge is -2.19. The van der Waals surface area contributed by atoms with Gasteiger partial charge >= 0.3 is 6.18 Å². The Kier molecular flexibility index (Phi) is 5.41. The molecule has 0 fully saturated rings. The van der Waals surface area contributed by atoms with Crippen LogP contribution in [0.4, 0.5) is 23.2 Å². The third-order valence-electron chi connectivity index (χ3n) is 3.29. The van der Waals surface area contributed by atoms with Crippen molar-refractivity contribution >= 4 is 11.6 Å². The number of alkyl halides is 3. The van der Waals surface area contributed by atoms with E-state index in [4.69, 9.17) is 6.42 Å². The van der Waals surface area contributed by atoms with Crippen LogP contribution in [0, 0.1) is 25.1 Å². The third kappa shape index (κ3) is 4.79. The van der Waals surface area contributed by atoms with Gasteiger partial charge in [0.2, 0.25) is 5.91 Å². The molecule has 0 aliphatic rings. The lowest BCUT2D eigenvalue weighted by molar-refractivity contribution is -0.143. The first-order valence-corrected chi connectivity index (χ1v) is 7.19. The number of hydrogen-bond acceptors (Lipinski definition) is 3. The van der Waals surface area contributed by atoms with Crippen LogP contribution < -0.4 is 4.90 Å². The molecule has 132 valence electrons. The lowest BCUT2D eigenvalue weighted by Crippen LogP contribution is -2.32. The monoisotopic (exact) mass is 354 g/mol. The van der Waals surface area contributed by atoms with Gasteiger partial charge in [0.15, 0.2) is 0 Å². The molecule has 0 aromatic carbocycles. The molecule has 2 aromatic heterocycles. The molecule has 0 N–H and O–H groups in total. The predicted molar refractivity (Wildman–Crippen MR) is 82.5 cm³/mol. The zero-order valence-electron chi connectivity index (χ0n) is 13.2. The highest BCUT2D eigenvalue weighted by Crippen LogP contribution is 2.25. The Hall–Kier alpha value is -2.89. The zero-order valence-corrected chi connectivity index (χ0v) is 13.2. The number of terminal acetylenes is 1. The first-order valence-electron chi connectivity index (χ1n) is 7.19. The number of nitrogens with zero attached hydrogens (tertiary/aromatic N) is 4. The van der Waals surface area contributed by atoms with Crippen LogP contribution in [0.5, 0.6) is 0 Å². The molecule has 1 amide bonds. The zero-order chi connectivity index (χ0) is 18.6. The van der Waals surface area contributed by atoms with Gasteiger partial charge in [-0.3, -0.25) is 14.7 Å². The van der Waals surface area contributed by atoms with E-state index in [-0.39, 0.29) is 12.2 Å². The quantitative estimate of drug-likeness (QED) is 0.613. The molecule has 5 nitrogen and oxygen atoms in total. The first-order chi connectivity index (χ1) is 11.7. The summed E-state index contributed by atoms with van der Waals surface area (Å²) in [5, 5.41) is 4.14. The van der Waals surface area contributed by atoms with Crippen molar-refractivity contribution in [3.63, 3.8) is 0 Å². The molecule has 2 heterocycles. The van der Waals surface area contributed by atoms with E-state index in [2.05, 4.69) is 16.0 Å². The first kappa shape index (κ1) is 18.4. The van der Waals surface area contributed by atoms with Crippen LogP contribution in [0.15, 0.2) is 24.7 Å². The van der Waals surface area contributed by atoms with Crippen LogP contribution in [0.3, 0.4) is 0 Å². The number of halogens is 4. The van der Waals surface area contributed by atoms with E-state index < -0.39 is 30.7 Å². The molecule has 0 unspecified atom stereocenters. The third-order valence-corrected chi connectivity index (χ3v) is 3.29. The largest absolute Gasteiger partial charge is 0.389 e. The highest BCUT2D eigenvalue weighted by atomic mass is 19.4. The topological polar surface area (TPSA) is 51.0 Å². The average molecular weight is 354 g/mol. The fourth-order valence-electron chi connectivity index (χ4n) is 2.16. The van der Waals surface area contributed by atoms with Crippen LogP contribution in [-0.4, -0.2) is 33.4 Å². The molecule has 0 radical (unpaired) electrons. The summed E-state index contributed by atoms with van der Waals surface area (Å²) in [6.07, 6.45) is 2.59. The van der Waals surface area contributed by atoms with Gasteiger partial charge in [-0.1, -0.05) is 5.92 Å². The fourth-order valence-corrected chi connectivity index (χ4v) is 2.16. The van der Waals surface area contributed by atoms with E-state index in [0.29, 0.717) is 11.4 Å². The van der Waals surface area contributed by atoms with Gasteiger partial charge in [-0.25, -0.2) is 9.07 Å². The van der Waals surface area contributed by atoms with Gasteiger partial charge in [-0.05, 0) is 6.92 Å². The lowest BCUT2D eigenvalue weighted by atomic mass is 10.2. The van der Waals surface area contributed by atoms with Crippen molar-refractivity contribution in [3.05, 3.63) is 36.2 Å².